The number of methoxy groups -OCH3 is 1. The number of benzene rings is 1. The maximum atomic E-state index is 9.04. The van der Waals surface area contributed by atoms with Gasteiger partial charge in [-0.25, -0.2) is 9.97 Å². The van der Waals surface area contributed by atoms with Crippen LogP contribution in [0.15, 0.2) is 47.8 Å². The van der Waals surface area contributed by atoms with Crippen LogP contribution in [-0.4, -0.2) is 30.2 Å². The van der Waals surface area contributed by atoms with Gasteiger partial charge in [0.25, 0.3) is 0 Å². The van der Waals surface area contributed by atoms with Crippen molar-refractivity contribution in [2.45, 2.75) is 18.8 Å². The van der Waals surface area contributed by atoms with Crippen LogP contribution in [0.3, 0.4) is 0 Å². The van der Waals surface area contributed by atoms with E-state index in [0.29, 0.717) is 11.6 Å². The van der Waals surface area contributed by atoms with Crippen LogP contribution < -0.4 is 9.64 Å². The van der Waals surface area contributed by atoms with E-state index in [1.807, 2.05) is 36.4 Å². The van der Waals surface area contributed by atoms with Crippen molar-refractivity contribution in [2.75, 3.05) is 25.1 Å². The number of para-hydroxylation sites is 1. The SMILES string of the molecule is COc1ccccc1-c1csc(C2CCN(c3cccc(C#N)n3)CC2)n1. The van der Waals surface area contributed by atoms with Gasteiger partial charge in [-0.3, -0.25) is 0 Å². The summed E-state index contributed by atoms with van der Waals surface area (Å²) in [5.41, 5.74) is 2.49. The van der Waals surface area contributed by atoms with Crippen molar-refractivity contribution in [1.29, 1.82) is 5.26 Å². The summed E-state index contributed by atoms with van der Waals surface area (Å²) in [4.78, 5) is 11.6. The van der Waals surface area contributed by atoms with Gasteiger partial charge in [0.2, 0.25) is 0 Å². The fourth-order valence-electron chi connectivity index (χ4n) is 3.47. The molecule has 0 unspecified atom stereocenters. The normalized spacial score (nSPS) is 14.7. The highest BCUT2D eigenvalue weighted by atomic mass is 32.1. The summed E-state index contributed by atoms with van der Waals surface area (Å²) in [7, 11) is 1.69. The van der Waals surface area contributed by atoms with E-state index in [2.05, 4.69) is 21.3 Å². The summed E-state index contributed by atoms with van der Waals surface area (Å²) >= 11 is 1.73. The van der Waals surface area contributed by atoms with Crippen LogP contribution in [0.1, 0.15) is 29.5 Å². The first kappa shape index (κ1) is 17.5. The van der Waals surface area contributed by atoms with Crippen molar-refractivity contribution in [2.24, 2.45) is 0 Å². The topological polar surface area (TPSA) is 62.0 Å². The van der Waals surface area contributed by atoms with Crippen LogP contribution in [0.5, 0.6) is 5.75 Å². The number of ether oxygens (including phenoxy) is 1. The molecule has 136 valence electrons. The molecule has 0 aliphatic carbocycles. The third kappa shape index (κ3) is 3.64. The summed E-state index contributed by atoms with van der Waals surface area (Å²) < 4.78 is 5.46. The Morgan fingerprint density at radius 3 is 2.70 bits per heavy atom. The van der Waals surface area contributed by atoms with Crippen LogP contribution >= 0.6 is 11.3 Å². The number of thiazole rings is 1. The molecule has 0 atom stereocenters. The molecule has 1 aliphatic heterocycles. The smallest absolute Gasteiger partial charge is 0.142 e. The van der Waals surface area contributed by atoms with Crippen molar-refractivity contribution in [1.82, 2.24) is 9.97 Å². The molecule has 1 saturated heterocycles. The maximum Gasteiger partial charge on any atom is 0.142 e. The van der Waals surface area contributed by atoms with E-state index in [-0.39, 0.29) is 0 Å². The highest BCUT2D eigenvalue weighted by Crippen LogP contribution is 2.36. The lowest BCUT2D eigenvalue weighted by molar-refractivity contribution is 0.416. The molecule has 0 spiro atoms. The summed E-state index contributed by atoms with van der Waals surface area (Å²) in [6.45, 7) is 1.85. The van der Waals surface area contributed by atoms with Gasteiger partial charge in [-0.2, -0.15) is 5.26 Å². The molecule has 6 heteroatoms. The Morgan fingerprint density at radius 1 is 1.11 bits per heavy atom. The van der Waals surface area contributed by atoms with Crippen LogP contribution in [0.2, 0.25) is 0 Å². The summed E-state index contributed by atoms with van der Waals surface area (Å²) in [5, 5.41) is 12.3. The zero-order chi connectivity index (χ0) is 18.6. The van der Waals surface area contributed by atoms with Gasteiger partial charge in [0.05, 0.1) is 17.8 Å². The predicted octanol–water partition coefficient (Wildman–Crippen LogP) is 4.47. The number of rotatable bonds is 4. The van der Waals surface area contributed by atoms with Gasteiger partial charge in [-0.05, 0) is 37.1 Å². The molecule has 2 aromatic heterocycles. The number of aromatic nitrogens is 2. The second kappa shape index (κ2) is 7.77. The van der Waals surface area contributed by atoms with Crippen molar-refractivity contribution < 1.29 is 4.74 Å². The number of hydrogen-bond acceptors (Lipinski definition) is 6. The molecule has 0 saturated carbocycles. The van der Waals surface area contributed by atoms with Crippen LogP contribution in [0.25, 0.3) is 11.3 Å². The molecule has 0 bridgehead atoms. The van der Waals surface area contributed by atoms with Gasteiger partial charge in [0, 0.05) is 30.0 Å². The van der Waals surface area contributed by atoms with E-state index in [1.165, 1.54) is 5.01 Å². The second-order valence-corrected chi connectivity index (χ2v) is 7.42. The lowest BCUT2D eigenvalue weighted by Gasteiger charge is -2.32. The second-order valence-electron chi connectivity index (χ2n) is 6.53. The third-order valence-electron chi connectivity index (χ3n) is 4.92. The first-order valence-corrected chi connectivity index (χ1v) is 9.87. The van der Waals surface area contributed by atoms with E-state index < -0.39 is 0 Å². The van der Waals surface area contributed by atoms with Gasteiger partial charge in [0.15, 0.2) is 0 Å². The molecule has 27 heavy (non-hydrogen) atoms. The first-order chi connectivity index (χ1) is 13.3. The molecular weight excluding hydrogens is 356 g/mol. The molecule has 3 aromatic rings. The average molecular weight is 376 g/mol. The predicted molar refractivity (Wildman–Crippen MR) is 107 cm³/mol. The average Bonchev–Trinajstić information content (AvgIpc) is 3.24. The van der Waals surface area contributed by atoms with Crippen LogP contribution in [0, 0.1) is 11.3 Å². The standard InChI is InChI=1S/C21H20N4OS/c1-26-19-7-3-2-6-17(19)18-14-27-21(24-18)15-9-11-25(12-10-15)20-8-4-5-16(13-22)23-20/h2-8,14-15H,9-12H2,1H3. The Kier molecular flexibility index (Phi) is 5.03. The fourth-order valence-corrected chi connectivity index (χ4v) is 4.46. The number of hydrogen-bond donors (Lipinski definition) is 0. The van der Waals surface area contributed by atoms with Crippen molar-refractivity contribution >= 4 is 17.2 Å². The highest BCUT2D eigenvalue weighted by Gasteiger charge is 2.24. The summed E-state index contributed by atoms with van der Waals surface area (Å²) in [5.74, 6) is 2.21. The molecule has 1 fully saturated rings. The first-order valence-electron chi connectivity index (χ1n) is 8.99. The largest absolute Gasteiger partial charge is 0.496 e. The summed E-state index contributed by atoms with van der Waals surface area (Å²) in [6.07, 6.45) is 2.08. The minimum absolute atomic E-state index is 0.467. The fraction of sp³-hybridized carbons (Fsp3) is 0.286. The molecule has 1 aliphatic rings. The van der Waals surface area contributed by atoms with Crippen molar-refractivity contribution in [3.8, 4) is 23.1 Å². The van der Waals surface area contributed by atoms with E-state index >= 15 is 0 Å². The Hall–Kier alpha value is -2.91. The lowest BCUT2D eigenvalue weighted by Crippen LogP contribution is -2.33. The number of pyridine rings is 1. The Labute approximate surface area is 162 Å². The van der Waals surface area contributed by atoms with Gasteiger partial charge in [-0.1, -0.05) is 18.2 Å². The van der Waals surface area contributed by atoms with E-state index in [4.69, 9.17) is 15.0 Å². The monoisotopic (exact) mass is 376 g/mol. The van der Waals surface area contributed by atoms with Gasteiger partial charge < -0.3 is 9.64 Å². The number of piperidine rings is 1. The zero-order valence-electron chi connectivity index (χ0n) is 15.1. The van der Waals surface area contributed by atoms with E-state index in [9.17, 15) is 0 Å². The highest BCUT2D eigenvalue weighted by molar-refractivity contribution is 7.10. The van der Waals surface area contributed by atoms with Gasteiger partial charge in [0.1, 0.15) is 23.3 Å². The van der Waals surface area contributed by atoms with Gasteiger partial charge in [-0.15, -0.1) is 11.3 Å². The third-order valence-corrected chi connectivity index (χ3v) is 5.93. The quantitative estimate of drug-likeness (QED) is 0.672. The Bertz CT molecular complexity index is 970. The minimum atomic E-state index is 0.467. The summed E-state index contributed by atoms with van der Waals surface area (Å²) in [6, 6.07) is 15.7. The Morgan fingerprint density at radius 2 is 1.93 bits per heavy atom. The number of anilines is 1. The van der Waals surface area contributed by atoms with Crippen LogP contribution in [0.4, 0.5) is 5.82 Å². The molecule has 4 rings (SSSR count). The number of nitrogens with zero attached hydrogens (tertiary/aromatic N) is 4. The Balaban J connectivity index is 1.46. The molecule has 5 nitrogen and oxygen atoms in total. The van der Waals surface area contributed by atoms with E-state index in [1.54, 1.807) is 24.5 Å². The number of nitriles is 1. The van der Waals surface area contributed by atoms with Crippen molar-refractivity contribution in [3.05, 3.63) is 58.5 Å². The molecule has 0 radical (unpaired) electrons. The molecule has 3 heterocycles. The van der Waals surface area contributed by atoms with Crippen molar-refractivity contribution in [3.63, 3.8) is 0 Å². The molecule has 0 amide bonds. The maximum absolute atomic E-state index is 9.04. The lowest BCUT2D eigenvalue weighted by atomic mass is 9.97. The molecule has 0 N–H and O–H groups in total. The minimum Gasteiger partial charge on any atom is -0.496 e. The molecular formula is C21H20N4OS. The van der Waals surface area contributed by atoms with Gasteiger partial charge >= 0.3 is 0 Å². The zero-order valence-corrected chi connectivity index (χ0v) is 15.9. The molecule has 1 aromatic carbocycles. The van der Waals surface area contributed by atoms with Crippen LogP contribution in [-0.2, 0) is 0 Å². The van der Waals surface area contributed by atoms with E-state index in [0.717, 1.165) is 48.8 Å².